The number of fused-ring (bicyclic) bond motifs is 6. The summed E-state index contributed by atoms with van der Waals surface area (Å²) in [5.41, 5.74) is 18.5. The van der Waals surface area contributed by atoms with Crippen molar-refractivity contribution in [3.05, 3.63) is 279 Å². The van der Waals surface area contributed by atoms with Gasteiger partial charge in [0.1, 0.15) is 0 Å². The fourth-order valence-electron chi connectivity index (χ4n) is 10.7. The van der Waals surface area contributed by atoms with Crippen molar-refractivity contribution in [3.8, 4) is 61.3 Å². The molecule has 328 valence electrons. The predicted molar refractivity (Wildman–Crippen MR) is 298 cm³/mol. The van der Waals surface area contributed by atoms with Crippen molar-refractivity contribution in [3.63, 3.8) is 0 Å². The average Bonchev–Trinajstić information content (AvgIpc) is 3.79. The van der Waals surface area contributed by atoms with Gasteiger partial charge in [0, 0.05) is 38.9 Å². The number of hydrogen-bond acceptors (Lipinski definition) is 1. The molecule has 0 saturated heterocycles. The number of benzene rings is 12. The lowest BCUT2D eigenvalue weighted by Gasteiger charge is -2.28. The summed E-state index contributed by atoms with van der Waals surface area (Å²) in [6.07, 6.45) is 0. The Kier molecular flexibility index (Phi) is 10.2. The van der Waals surface area contributed by atoms with Gasteiger partial charge >= 0.3 is 0 Å². The Balaban J connectivity index is 1.00. The first-order chi connectivity index (χ1) is 34.7. The molecule has 13 rings (SSSR count). The maximum atomic E-state index is 2.46. The second-order valence-electron chi connectivity index (χ2n) is 18.1. The minimum atomic E-state index is 1.07. The van der Waals surface area contributed by atoms with Crippen LogP contribution in [-0.4, -0.2) is 4.57 Å². The van der Waals surface area contributed by atoms with Crippen LogP contribution in [0, 0.1) is 0 Å². The van der Waals surface area contributed by atoms with Crippen LogP contribution in [0.4, 0.5) is 17.1 Å². The fourth-order valence-corrected chi connectivity index (χ4v) is 10.7. The van der Waals surface area contributed by atoms with Gasteiger partial charge in [0.15, 0.2) is 0 Å². The highest BCUT2D eigenvalue weighted by Crippen LogP contribution is 2.45. The van der Waals surface area contributed by atoms with Crippen LogP contribution in [0.25, 0.3) is 105 Å². The molecule has 0 atom stereocenters. The van der Waals surface area contributed by atoms with E-state index in [1.165, 1.54) is 76.7 Å². The molecule has 0 unspecified atom stereocenters. The summed E-state index contributed by atoms with van der Waals surface area (Å²) in [6.45, 7) is 0. The molecule has 70 heavy (non-hydrogen) atoms. The summed E-state index contributed by atoms with van der Waals surface area (Å²) in [5.74, 6) is 0. The van der Waals surface area contributed by atoms with Crippen molar-refractivity contribution >= 4 is 60.4 Å². The third kappa shape index (κ3) is 7.22. The molecule has 0 spiro atoms. The molecule has 1 heterocycles. The number of hydrogen-bond donors (Lipinski definition) is 0. The summed E-state index contributed by atoms with van der Waals surface area (Å²) >= 11 is 0. The van der Waals surface area contributed by atoms with Crippen molar-refractivity contribution in [2.24, 2.45) is 0 Å². The van der Waals surface area contributed by atoms with Crippen molar-refractivity contribution in [1.29, 1.82) is 0 Å². The zero-order valence-corrected chi connectivity index (χ0v) is 38.5. The first kappa shape index (κ1) is 41.0. The van der Waals surface area contributed by atoms with Crippen molar-refractivity contribution in [2.75, 3.05) is 4.90 Å². The Morgan fingerprint density at radius 3 is 1.37 bits per heavy atom. The number of aromatic nitrogens is 1. The third-order valence-electron chi connectivity index (χ3n) is 14.0. The molecular formula is C68H46N2. The Hall–Kier alpha value is -9.24. The van der Waals surface area contributed by atoms with Crippen LogP contribution < -0.4 is 4.90 Å². The number of para-hydroxylation sites is 1. The van der Waals surface area contributed by atoms with Crippen LogP contribution in [0.5, 0.6) is 0 Å². The van der Waals surface area contributed by atoms with Crippen molar-refractivity contribution in [2.45, 2.75) is 0 Å². The molecular weight excluding hydrogens is 845 g/mol. The van der Waals surface area contributed by atoms with Crippen molar-refractivity contribution < 1.29 is 0 Å². The zero-order chi connectivity index (χ0) is 46.4. The third-order valence-corrected chi connectivity index (χ3v) is 14.0. The van der Waals surface area contributed by atoms with E-state index in [1.54, 1.807) is 0 Å². The molecule has 0 N–H and O–H groups in total. The molecule has 13 aromatic rings. The van der Waals surface area contributed by atoms with Crippen LogP contribution in [-0.2, 0) is 0 Å². The quantitative estimate of drug-likeness (QED) is 0.140. The molecule has 0 bridgehead atoms. The summed E-state index contributed by atoms with van der Waals surface area (Å²) in [7, 11) is 0. The zero-order valence-electron chi connectivity index (χ0n) is 38.5. The van der Waals surface area contributed by atoms with Gasteiger partial charge in [-0.05, 0) is 126 Å². The number of anilines is 3. The molecule has 0 saturated carbocycles. The highest BCUT2D eigenvalue weighted by molar-refractivity contribution is 6.18. The van der Waals surface area contributed by atoms with Crippen LogP contribution in [0.15, 0.2) is 279 Å². The van der Waals surface area contributed by atoms with Crippen LogP contribution in [0.1, 0.15) is 0 Å². The average molecular weight is 891 g/mol. The lowest BCUT2D eigenvalue weighted by Crippen LogP contribution is -2.10. The Morgan fingerprint density at radius 2 is 0.714 bits per heavy atom. The second-order valence-corrected chi connectivity index (χ2v) is 18.1. The van der Waals surface area contributed by atoms with Gasteiger partial charge in [-0.1, -0.05) is 224 Å². The predicted octanol–water partition coefficient (Wildman–Crippen LogP) is 18.9. The van der Waals surface area contributed by atoms with Crippen molar-refractivity contribution in [1.82, 2.24) is 4.57 Å². The van der Waals surface area contributed by atoms with E-state index in [1.807, 2.05) is 0 Å². The van der Waals surface area contributed by atoms with Crippen LogP contribution >= 0.6 is 0 Å². The summed E-state index contributed by atoms with van der Waals surface area (Å²) in [5, 5.41) is 7.47. The first-order valence-corrected chi connectivity index (χ1v) is 24.1. The van der Waals surface area contributed by atoms with Gasteiger partial charge in [0.25, 0.3) is 0 Å². The van der Waals surface area contributed by atoms with Gasteiger partial charge in [0.2, 0.25) is 0 Å². The SMILES string of the molecule is c1ccc(-c2ccc(N(c3ccc(-c4cccc5ccccc45)cc3)c3ccc(-c4cccc(-n5c6ccccc6c6ccc7ccccc7c65)c4)c(-c4ccccc4)c3)cc2-c2ccccc2)cc1. The summed E-state index contributed by atoms with van der Waals surface area (Å²) < 4.78 is 2.46. The van der Waals surface area contributed by atoms with Crippen LogP contribution in [0.2, 0.25) is 0 Å². The molecule has 0 radical (unpaired) electrons. The summed E-state index contributed by atoms with van der Waals surface area (Å²) in [4.78, 5) is 2.42. The van der Waals surface area contributed by atoms with E-state index in [0.717, 1.165) is 45.0 Å². The number of nitrogens with zero attached hydrogens (tertiary/aromatic N) is 2. The molecule has 0 aliphatic rings. The lowest BCUT2D eigenvalue weighted by atomic mass is 9.92. The maximum Gasteiger partial charge on any atom is 0.0619 e. The largest absolute Gasteiger partial charge is 0.310 e. The van der Waals surface area contributed by atoms with E-state index in [-0.39, 0.29) is 0 Å². The summed E-state index contributed by atoms with van der Waals surface area (Å²) in [6, 6.07) is 102. The molecule has 2 nitrogen and oxygen atoms in total. The molecule has 0 aliphatic heterocycles. The van der Waals surface area contributed by atoms with Gasteiger partial charge in [-0.2, -0.15) is 0 Å². The van der Waals surface area contributed by atoms with E-state index in [0.29, 0.717) is 0 Å². The van der Waals surface area contributed by atoms with Gasteiger partial charge in [-0.15, -0.1) is 0 Å². The topological polar surface area (TPSA) is 8.17 Å². The normalized spacial score (nSPS) is 11.4. The highest BCUT2D eigenvalue weighted by atomic mass is 15.1. The first-order valence-electron chi connectivity index (χ1n) is 24.1. The van der Waals surface area contributed by atoms with E-state index >= 15 is 0 Å². The fraction of sp³-hybridized carbons (Fsp3) is 0. The molecule has 12 aromatic carbocycles. The van der Waals surface area contributed by atoms with Gasteiger partial charge in [-0.3, -0.25) is 0 Å². The Labute approximate surface area is 408 Å². The van der Waals surface area contributed by atoms with Gasteiger partial charge in [-0.25, -0.2) is 0 Å². The van der Waals surface area contributed by atoms with Gasteiger partial charge < -0.3 is 9.47 Å². The van der Waals surface area contributed by atoms with E-state index < -0.39 is 0 Å². The number of rotatable bonds is 9. The molecule has 0 aliphatic carbocycles. The molecule has 0 amide bonds. The second kappa shape index (κ2) is 17.4. The van der Waals surface area contributed by atoms with Crippen LogP contribution in [0.3, 0.4) is 0 Å². The minimum Gasteiger partial charge on any atom is -0.310 e. The van der Waals surface area contributed by atoms with E-state index in [9.17, 15) is 0 Å². The smallest absolute Gasteiger partial charge is 0.0619 e. The Morgan fingerprint density at radius 1 is 0.243 bits per heavy atom. The van der Waals surface area contributed by atoms with E-state index in [2.05, 4.69) is 289 Å². The standard InChI is InChI=1S/C68H46N2/c1-4-18-47(19-5-1)60-42-39-56(45-65(60)49-20-6-2-7-21-49)69(54-37-34-52(35-38-54)59-32-17-26-48-24-10-12-29-58(48)59)57-40-43-61(66(46-57)50-22-8-3-9-23-50)53-27-16-28-55(44-53)70-67-33-15-14-31-63(67)64-41-36-51-25-11-13-30-62(51)68(64)70/h1-46H. The molecule has 0 fully saturated rings. The molecule has 1 aromatic heterocycles. The Bertz CT molecular complexity index is 4030. The minimum absolute atomic E-state index is 1.07. The molecule has 2 heteroatoms. The van der Waals surface area contributed by atoms with E-state index in [4.69, 9.17) is 0 Å². The monoisotopic (exact) mass is 890 g/mol. The lowest BCUT2D eigenvalue weighted by molar-refractivity contribution is 1.19. The maximum absolute atomic E-state index is 2.46. The highest BCUT2D eigenvalue weighted by Gasteiger charge is 2.21. The van der Waals surface area contributed by atoms with Gasteiger partial charge in [0.05, 0.1) is 11.0 Å².